The highest BCUT2D eigenvalue weighted by atomic mass is 19.4. The van der Waals surface area contributed by atoms with Crippen LogP contribution in [0.15, 0.2) is 18.2 Å². The van der Waals surface area contributed by atoms with Gasteiger partial charge in [0.05, 0.1) is 12.7 Å². The number of ether oxygens (including phenoxy) is 1. The summed E-state index contributed by atoms with van der Waals surface area (Å²) < 4.78 is 43.7. The van der Waals surface area contributed by atoms with Crippen molar-refractivity contribution in [2.45, 2.75) is 26.9 Å². The van der Waals surface area contributed by atoms with Crippen molar-refractivity contribution in [3.05, 3.63) is 34.9 Å². The first-order valence-corrected chi connectivity index (χ1v) is 6.37. The van der Waals surface area contributed by atoms with Crippen LogP contribution in [0.5, 0.6) is 5.75 Å². The molecular weight excluding hydrogens is 267 g/mol. The lowest BCUT2D eigenvalue weighted by Crippen LogP contribution is -2.18. The Morgan fingerprint density at radius 1 is 1.25 bits per heavy atom. The van der Waals surface area contributed by atoms with E-state index in [9.17, 15) is 13.2 Å². The second kappa shape index (κ2) is 4.72. The van der Waals surface area contributed by atoms with Crippen molar-refractivity contribution in [2.24, 2.45) is 5.41 Å². The Bertz CT molecular complexity index is 559. The lowest BCUT2D eigenvalue weighted by Gasteiger charge is -2.16. The summed E-state index contributed by atoms with van der Waals surface area (Å²) in [5, 5.41) is 3.24. The van der Waals surface area contributed by atoms with E-state index in [0.717, 1.165) is 24.4 Å². The number of hydrogen-bond acceptors (Lipinski definition) is 2. The Kier molecular flexibility index (Phi) is 3.48. The molecule has 0 aliphatic carbocycles. The van der Waals surface area contributed by atoms with E-state index in [1.807, 2.05) is 6.08 Å². The molecule has 1 aliphatic rings. The zero-order chi connectivity index (χ0) is 15.1. The van der Waals surface area contributed by atoms with E-state index in [1.165, 1.54) is 7.11 Å². The molecule has 5 heteroatoms. The van der Waals surface area contributed by atoms with Gasteiger partial charge in [0.15, 0.2) is 0 Å². The molecule has 1 heterocycles. The maximum Gasteiger partial charge on any atom is 0.416 e. The molecule has 0 spiro atoms. The highest BCUT2D eigenvalue weighted by molar-refractivity contribution is 5.74. The minimum Gasteiger partial charge on any atom is -0.496 e. The number of rotatable bonds is 2. The highest BCUT2D eigenvalue weighted by Gasteiger charge is 2.33. The summed E-state index contributed by atoms with van der Waals surface area (Å²) in [7, 11) is 1.39. The van der Waals surface area contributed by atoms with Crippen LogP contribution in [0.3, 0.4) is 0 Å². The fourth-order valence-corrected chi connectivity index (χ4v) is 2.40. The molecule has 0 saturated heterocycles. The van der Waals surface area contributed by atoms with Crippen molar-refractivity contribution in [2.75, 3.05) is 13.7 Å². The molecule has 0 radical (unpaired) electrons. The minimum atomic E-state index is -4.37. The van der Waals surface area contributed by atoms with Crippen molar-refractivity contribution in [3.63, 3.8) is 0 Å². The third kappa shape index (κ3) is 2.76. The normalized spacial score (nSPS) is 17.6. The second-order valence-corrected chi connectivity index (χ2v) is 5.77. The minimum absolute atomic E-state index is 0.0184. The van der Waals surface area contributed by atoms with E-state index in [1.54, 1.807) is 6.92 Å². The summed E-state index contributed by atoms with van der Waals surface area (Å²) in [5.41, 5.74) is 1.38. The smallest absolute Gasteiger partial charge is 0.416 e. The van der Waals surface area contributed by atoms with Crippen molar-refractivity contribution in [1.82, 2.24) is 5.32 Å². The van der Waals surface area contributed by atoms with E-state index in [-0.39, 0.29) is 11.2 Å². The van der Waals surface area contributed by atoms with Gasteiger partial charge in [-0.15, -0.1) is 0 Å². The third-order valence-electron chi connectivity index (χ3n) is 3.39. The first-order valence-electron chi connectivity index (χ1n) is 6.37. The van der Waals surface area contributed by atoms with Gasteiger partial charge >= 0.3 is 6.18 Å². The van der Waals surface area contributed by atoms with Crippen molar-refractivity contribution in [3.8, 4) is 5.75 Å². The van der Waals surface area contributed by atoms with Gasteiger partial charge < -0.3 is 10.1 Å². The molecule has 1 aromatic carbocycles. The second-order valence-electron chi connectivity index (χ2n) is 5.77. The molecule has 0 aromatic heterocycles. The summed E-state index contributed by atoms with van der Waals surface area (Å²) in [4.78, 5) is 0. The van der Waals surface area contributed by atoms with Crippen LogP contribution in [-0.2, 0) is 6.18 Å². The maximum absolute atomic E-state index is 12.8. The third-order valence-corrected chi connectivity index (χ3v) is 3.39. The predicted octanol–water partition coefficient (Wildman–Crippen LogP) is 3.99. The number of alkyl halides is 3. The number of nitrogens with one attached hydrogen (secondary N) is 1. The summed E-state index contributed by atoms with van der Waals surface area (Å²) in [5.74, 6) is 0.244. The standard InChI is InChI=1S/C15H18F3NO/c1-9-5-10(15(16,17)18)6-12(20-4)13(9)11-7-14(2,3)8-19-11/h5-7,19H,8H2,1-4H3. The van der Waals surface area contributed by atoms with Crippen molar-refractivity contribution < 1.29 is 17.9 Å². The van der Waals surface area contributed by atoms with E-state index in [2.05, 4.69) is 19.2 Å². The fourth-order valence-electron chi connectivity index (χ4n) is 2.40. The Morgan fingerprint density at radius 2 is 1.90 bits per heavy atom. The molecule has 2 rings (SSSR count). The summed E-state index contributed by atoms with van der Waals surface area (Å²) >= 11 is 0. The molecule has 2 nitrogen and oxygen atoms in total. The quantitative estimate of drug-likeness (QED) is 0.887. The van der Waals surface area contributed by atoms with Crippen molar-refractivity contribution in [1.29, 1.82) is 0 Å². The zero-order valence-corrected chi connectivity index (χ0v) is 12.0. The summed E-state index contributed by atoms with van der Waals surface area (Å²) in [6.45, 7) is 6.56. The maximum atomic E-state index is 12.8. The molecule has 0 atom stereocenters. The Labute approximate surface area is 116 Å². The molecular formula is C15H18F3NO. The lowest BCUT2D eigenvalue weighted by atomic mass is 9.94. The van der Waals surface area contributed by atoms with Gasteiger partial charge in [-0.25, -0.2) is 0 Å². The zero-order valence-electron chi connectivity index (χ0n) is 12.0. The predicted molar refractivity (Wildman–Crippen MR) is 72.5 cm³/mol. The summed E-state index contributed by atoms with van der Waals surface area (Å²) in [6.07, 6.45) is -2.33. The van der Waals surface area contributed by atoms with Gasteiger partial charge in [0.25, 0.3) is 0 Å². The van der Waals surface area contributed by atoms with E-state index in [4.69, 9.17) is 4.74 Å². The topological polar surface area (TPSA) is 21.3 Å². The van der Waals surface area contributed by atoms with Gasteiger partial charge in [-0.05, 0) is 24.6 Å². The number of hydrogen-bond donors (Lipinski definition) is 1. The molecule has 0 bridgehead atoms. The van der Waals surface area contributed by atoms with Crippen molar-refractivity contribution >= 4 is 5.70 Å². The lowest BCUT2D eigenvalue weighted by molar-refractivity contribution is -0.137. The van der Waals surface area contributed by atoms with Crippen LogP contribution in [0, 0.1) is 12.3 Å². The van der Waals surface area contributed by atoms with Crippen LogP contribution in [0.1, 0.15) is 30.5 Å². The average Bonchev–Trinajstić information content (AvgIpc) is 2.66. The first kappa shape index (κ1) is 14.8. The van der Waals surface area contributed by atoms with Gasteiger partial charge in [0.1, 0.15) is 5.75 Å². The largest absolute Gasteiger partial charge is 0.496 e. The van der Waals surface area contributed by atoms with Crippen LogP contribution in [0.2, 0.25) is 0 Å². The Morgan fingerprint density at radius 3 is 2.35 bits per heavy atom. The molecule has 1 aromatic rings. The fraction of sp³-hybridized carbons (Fsp3) is 0.467. The molecule has 20 heavy (non-hydrogen) atoms. The summed E-state index contributed by atoms with van der Waals surface area (Å²) in [6, 6.07) is 2.21. The van der Waals surface area contributed by atoms with E-state index >= 15 is 0 Å². The SMILES string of the molecule is COc1cc(C(F)(F)F)cc(C)c1C1=CC(C)(C)CN1. The van der Waals surface area contributed by atoms with Gasteiger partial charge in [-0.1, -0.05) is 19.9 Å². The van der Waals surface area contributed by atoms with Crippen LogP contribution in [-0.4, -0.2) is 13.7 Å². The van der Waals surface area contributed by atoms with Gasteiger partial charge in [-0.2, -0.15) is 13.2 Å². The number of halogens is 3. The van der Waals surface area contributed by atoms with Gasteiger partial charge in [-0.3, -0.25) is 0 Å². The average molecular weight is 285 g/mol. The van der Waals surface area contributed by atoms with Crippen LogP contribution in [0.25, 0.3) is 5.70 Å². The van der Waals surface area contributed by atoms with Crippen LogP contribution < -0.4 is 10.1 Å². The van der Waals surface area contributed by atoms with Crippen LogP contribution >= 0.6 is 0 Å². The molecule has 0 saturated carbocycles. The van der Waals surface area contributed by atoms with Crippen LogP contribution in [0.4, 0.5) is 13.2 Å². The van der Waals surface area contributed by atoms with E-state index in [0.29, 0.717) is 11.1 Å². The monoisotopic (exact) mass is 285 g/mol. The Balaban J connectivity index is 2.55. The van der Waals surface area contributed by atoms with E-state index < -0.39 is 11.7 Å². The Hall–Kier alpha value is -1.65. The molecule has 110 valence electrons. The first-order chi connectivity index (χ1) is 9.14. The molecule has 0 fully saturated rings. The highest BCUT2D eigenvalue weighted by Crippen LogP contribution is 2.39. The molecule has 1 aliphatic heterocycles. The number of methoxy groups -OCH3 is 1. The molecule has 1 N–H and O–H groups in total. The van der Waals surface area contributed by atoms with Gasteiger partial charge in [0.2, 0.25) is 0 Å². The molecule has 0 amide bonds. The number of aryl methyl sites for hydroxylation is 1. The molecule has 0 unspecified atom stereocenters. The number of benzene rings is 1. The van der Waals surface area contributed by atoms with Gasteiger partial charge in [0, 0.05) is 23.2 Å².